The van der Waals surface area contributed by atoms with Crippen LogP contribution in [0.4, 0.5) is 0 Å². The van der Waals surface area contributed by atoms with Crippen LogP contribution in [0.3, 0.4) is 0 Å². The van der Waals surface area contributed by atoms with Gasteiger partial charge in [0.1, 0.15) is 6.07 Å². The Balaban J connectivity index is 1.89. The Labute approximate surface area is 210 Å². The monoisotopic (exact) mass is 487 g/mol. The number of nitriles is 1. The van der Waals surface area contributed by atoms with Gasteiger partial charge in [0.15, 0.2) is 11.5 Å². The molecule has 0 bridgehead atoms. The first-order valence-electron chi connectivity index (χ1n) is 11.5. The van der Waals surface area contributed by atoms with E-state index in [4.69, 9.17) is 21.6 Å². The minimum Gasteiger partial charge on any atom is -0.347 e. The summed E-state index contributed by atoms with van der Waals surface area (Å²) >= 11 is 6.21. The van der Waals surface area contributed by atoms with Crippen LogP contribution >= 0.6 is 11.6 Å². The molecule has 178 valence electrons. The average Bonchev–Trinajstić information content (AvgIpc) is 3.69. The molecule has 3 aromatic rings. The number of hydrogen-bond acceptors (Lipinski definition) is 5. The molecule has 1 saturated carbocycles. The largest absolute Gasteiger partial charge is 0.347 e. The van der Waals surface area contributed by atoms with Crippen molar-refractivity contribution < 1.29 is 14.3 Å². The van der Waals surface area contributed by atoms with Crippen molar-refractivity contribution in [2.75, 3.05) is 6.61 Å². The molecule has 1 aliphatic rings. The molecule has 1 fully saturated rings. The maximum absolute atomic E-state index is 12.7. The Morgan fingerprint density at radius 1 is 1.23 bits per heavy atom. The summed E-state index contributed by atoms with van der Waals surface area (Å²) in [4.78, 5) is 30.7. The Hall–Kier alpha value is -3.53. The van der Waals surface area contributed by atoms with Gasteiger partial charge in [0.05, 0.1) is 24.4 Å². The summed E-state index contributed by atoms with van der Waals surface area (Å²) < 4.78 is 6.70. The summed E-state index contributed by atoms with van der Waals surface area (Å²) in [5, 5.41) is 9.68. The Kier molecular flexibility index (Phi) is 7.30. The Morgan fingerprint density at radius 3 is 2.51 bits per heavy atom. The van der Waals surface area contributed by atoms with Crippen LogP contribution in [0.1, 0.15) is 58.1 Å². The summed E-state index contributed by atoms with van der Waals surface area (Å²) in [5.74, 6) is 0.393. The van der Waals surface area contributed by atoms with E-state index < -0.39 is 5.72 Å². The molecule has 4 rings (SSSR count). The van der Waals surface area contributed by atoms with E-state index in [-0.39, 0.29) is 12.3 Å². The quantitative estimate of drug-likeness (QED) is 0.217. The number of benzene rings is 2. The number of pyridine rings is 1. The SMILES string of the molecule is CC(=O)c1ccc(C(OCC2CC2)(c2ccc(Cl)cc2)N(C=O)Cc2ccc(C#N)cn2)c(C)c1. The van der Waals surface area contributed by atoms with Gasteiger partial charge in [-0.05, 0) is 68.5 Å². The molecule has 0 radical (unpaired) electrons. The van der Waals surface area contributed by atoms with E-state index in [0.717, 1.165) is 35.9 Å². The van der Waals surface area contributed by atoms with E-state index >= 15 is 0 Å². The zero-order valence-corrected chi connectivity index (χ0v) is 20.5. The third-order valence-corrected chi connectivity index (χ3v) is 6.53. The fourth-order valence-corrected chi connectivity index (χ4v) is 4.29. The summed E-state index contributed by atoms with van der Waals surface area (Å²) in [6.07, 6.45) is 4.41. The van der Waals surface area contributed by atoms with Gasteiger partial charge in [-0.2, -0.15) is 5.26 Å². The van der Waals surface area contributed by atoms with E-state index in [2.05, 4.69) is 11.1 Å². The van der Waals surface area contributed by atoms with Crippen molar-refractivity contribution in [2.24, 2.45) is 5.92 Å². The number of carbonyl (C=O) groups is 2. The lowest BCUT2D eigenvalue weighted by Gasteiger charge is -2.43. The van der Waals surface area contributed by atoms with Gasteiger partial charge < -0.3 is 9.64 Å². The van der Waals surface area contributed by atoms with Crippen LogP contribution in [0.5, 0.6) is 0 Å². The predicted molar refractivity (Wildman–Crippen MR) is 133 cm³/mol. The molecule has 1 atom stereocenters. The molecule has 35 heavy (non-hydrogen) atoms. The topological polar surface area (TPSA) is 83.3 Å². The summed E-state index contributed by atoms with van der Waals surface area (Å²) in [6.45, 7) is 4.06. The number of hydrogen-bond donors (Lipinski definition) is 0. The number of carbonyl (C=O) groups excluding carboxylic acids is 2. The van der Waals surface area contributed by atoms with E-state index in [9.17, 15) is 9.59 Å². The third kappa shape index (κ3) is 5.27. The molecule has 1 amide bonds. The predicted octanol–water partition coefficient (Wildman–Crippen LogP) is 5.40. The number of halogens is 1. The van der Waals surface area contributed by atoms with E-state index in [1.807, 2.05) is 31.2 Å². The van der Waals surface area contributed by atoms with E-state index in [1.165, 1.54) is 13.1 Å². The number of Topliss-reactive ketones (excluding diaryl/α,β-unsaturated/α-hetero) is 1. The maximum Gasteiger partial charge on any atom is 0.212 e. The number of nitrogens with zero attached hydrogens (tertiary/aromatic N) is 3. The lowest BCUT2D eigenvalue weighted by Crippen LogP contribution is -2.49. The number of amides is 1. The highest BCUT2D eigenvalue weighted by atomic mass is 35.5. The minimum atomic E-state index is -1.27. The van der Waals surface area contributed by atoms with Crippen LogP contribution in [0, 0.1) is 24.2 Å². The van der Waals surface area contributed by atoms with E-state index in [0.29, 0.717) is 34.4 Å². The zero-order chi connectivity index (χ0) is 25.0. The van der Waals surface area contributed by atoms with Gasteiger partial charge in [-0.3, -0.25) is 14.6 Å². The molecule has 1 aromatic heterocycles. The second-order valence-electron chi connectivity index (χ2n) is 8.87. The molecule has 1 aliphatic carbocycles. The zero-order valence-electron chi connectivity index (χ0n) is 19.7. The van der Waals surface area contributed by atoms with Crippen LogP contribution in [-0.4, -0.2) is 28.7 Å². The third-order valence-electron chi connectivity index (χ3n) is 6.28. The number of aryl methyl sites for hydroxylation is 1. The molecule has 1 unspecified atom stereocenters. The first kappa shape index (κ1) is 24.6. The van der Waals surface area contributed by atoms with Crippen LogP contribution < -0.4 is 0 Å². The van der Waals surface area contributed by atoms with Crippen molar-refractivity contribution >= 4 is 23.8 Å². The lowest BCUT2D eigenvalue weighted by atomic mass is 9.88. The van der Waals surface area contributed by atoms with Crippen molar-refractivity contribution in [3.63, 3.8) is 0 Å². The number of rotatable bonds is 10. The molecule has 6 nitrogen and oxygen atoms in total. The highest BCUT2D eigenvalue weighted by Crippen LogP contribution is 2.42. The molecule has 2 aromatic carbocycles. The van der Waals surface area contributed by atoms with Crippen molar-refractivity contribution in [1.29, 1.82) is 5.26 Å². The van der Waals surface area contributed by atoms with Gasteiger partial charge in [0.25, 0.3) is 0 Å². The summed E-state index contributed by atoms with van der Waals surface area (Å²) in [5.41, 5.74) is 2.68. The second-order valence-corrected chi connectivity index (χ2v) is 9.31. The molecular weight excluding hydrogens is 462 g/mol. The fourth-order valence-electron chi connectivity index (χ4n) is 4.16. The molecule has 0 N–H and O–H groups in total. The lowest BCUT2D eigenvalue weighted by molar-refractivity contribution is -0.160. The number of aromatic nitrogens is 1. The summed E-state index contributed by atoms with van der Waals surface area (Å²) in [6, 6.07) is 18.2. The molecule has 0 aliphatic heterocycles. The van der Waals surface area contributed by atoms with Crippen LogP contribution in [-0.2, 0) is 21.8 Å². The van der Waals surface area contributed by atoms with E-state index in [1.54, 1.807) is 35.2 Å². The molecule has 7 heteroatoms. The normalized spacial score (nSPS) is 14.6. The van der Waals surface area contributed by atoms with Crippen molar-refractivity contribution in [3.8, 4) is 6.07 Å². The van der Waals surface area contributed by atoms with Crippen molar-refractivity contribution in [3.05, 3.63) is 99.3 Å². The first-order valence-corrected chi connectivity index (χ1v) is 11.8. The Bertz CT molecular complexity index is 1260. The van der Waals surface area contributed by atoms with Gasteiger partial charge in [-0.25, -0.2) is 0 Å². The second kappa shape index (κ2) is 10.4. The van der Waals surface area contributed by atoms with Gasteiger partial charge in [-0.1, -0.05) is 35.9 Å². The standard InChI is InChI=1S/C28H26ClN3O3/c1-19-13-23(20(2)34)6-12-27(19)28(35-17-21-3-4-21,24-7-9-25(29)10-8-24)32(18-33)16-26-11-5-22(14-30)15-31-26/h5-13,15,18,21H,3-4,16-17H2,1-2H3. The molecular formula is C28H26ClN3O3. The fraction of sp³-hybridized carbons (Fsp3) is 0.286. The van der Waals surface area contributed by atoms with Crippen molar-refractivity contribution in [2.45, 2.75) is 39.0 Å². The molecule has 1 heterocycles. The van der Waals surface area contributed by atoms with Crippen molar-refractivity contribution in [1.82, 2.24) is 9.88 Å². The highest BCUT2D eigenvalue weighted by Gasteiger charge is 2.44. The van der Waals surface area contributed by atoms with Gasteiger partial charge in [0, 0.05) is 27.9 Å². The van der Waals surface area contributed by atoms with Gasteiger partial charge in [0.2, 0.25) is 6.41 Å². The molecule has 0 spiro atoms. The van der Waals surface area contributed by atoms with Crippen LogP contribution in [0.25, 0.3) is 0 Å². The smallest absolute Gasteiger partial charge is 0.212 e. The summed E-state index contributed by atoms with van der Waals surface area (Å²) in [7, 11) is 0. The van der Waals surface area contributed by atoms with Crippen LogP contribution in [0.2, 0.25) is 5.02 Å². The molecule has 0 saturated heterocycles. The van der Waals surface area contributed by atoms with Gasteiger partial charge in [-0.15, -0.1) is 0 Å². The highest BCUT2D eigenvalue weighted by molar-refractivity contribution is 6.30. The first-order chi connectivity index (χ1) is 16.9. The van der Waals surface area contributed by atoms with Crippen LogP contribution in [0.15, 0.2) is 60.8 Å². The minimum absolute atomic E-state index is 0.0373. The average molecular weight is 488 g/mol. The van der Waals surface area contributed by atoms with Gasteiger partial charge >= 0.3 is 0 Å². The number of ether oxygens (including phenoxy) is 1. The number of ketones is 1. The maximum atomic E-state index is 12.7. The Morgan fingerprint density at radius 2 is 1.97 bits per heavy atom.